The van der Waals surface area contributed by atoms with E-state index in [1.807, 2.05) is 13.8 Å². The minimum atomic E-state index is -3.53. The maximum absolute atomic E-state index is 12.0. The van der Waals surface area contributed by atoms with Crippen molar-refractivity contribution in [3.8, 4) is 0 Å². The molecule has 1 heterocycles. The van der Waals surface area contributed by atoms with Gasteiger partial charge in [-0.05, 0) is 18.9 Å². The first-order valence-corrected chi connectivity index (χ1v) is 7.09. The fourth-order valence-electron chi connectivity index (χ4n) is 1.44. The number of nitrogens with one attached hydrogen (secondary N) is 1. The largest absolute Gasteiger partial charge is 0.324 e. The summed E-state index contributed by atoms with van der Waals surface area (Å²) in [5, 5.41) is 3.98. The van der Waals surface area contributed by atoms with Gasteiger partial charge in [-0.2, -0.15) is 5.10 Å². The van der Waals surface area contributed by atoms with E-state index < -0.39 is 15.6 Å². The number of hydrogen-bond acceptors (Lipinski definition) is 4. The molecule has 0 radical (unpaired) electrons. The molecule has 3 N–H and O–H groups in total. The van der Waals surface area contributed by atoms with Crippen molar-refractivity contribution < 1.29 is 8.42 Å². The molecule has 0 aliphatic carbocycles. The molecule has 0 aliphatic rings. The molecule has 0 atom stereocenters. The van der Waals surface area contributed by atoms with Gasteiger partial charge in [0.25, 0.3) is 10.0 Å². The molecule has 0 amide bonds. The third kappa shape index (κ3) is 3.94. The van der Waals surface area contributed by atoms with Crippen LogP contribution in [-0.2, 0) is 17.1 Å². The van der Waals surface area contributed by atoms with Crippen LogP contribution < -0.4 is 10.5 Å². The van der Waals surface area contributed by atoms with E-state index in [4.69, 9.17) is 5.73 Å². The molecule has 0 fully saturated rings. The average molecular weight is 297 g/mol. The number of nitrogens with two attached hydrogens (primary N) is 1. The number of hydrogen-bond donors (Lipinski definition) is 2. The summed E-state index contributed by atoms with van der Waals surface area (Å²) in [4.78, 5) is 0. The highest BCUT2D eigenvalue weighted by Crippen LogP contribution is 2.12. The van der Waals surface area contributed by atoms with Crippen LogP contribution in [0.4, 0.5) is 0 Å². The summed E-state index contributed by atoms with van der Waals surface area (Å²) in [7, 11) is -1.94. The van der Waals surface area contributed by atoms with Crippen LogP contribution in [0.3, 0.4) is 0 Å². The van der Waals surface area contributed by atoms with E-state index in [2.05, 4.69) is 9.82 Å². The second kappa shape index (κ2) is 6.51. The molecular weight excluding hydrogens is 276 g/mol. The summed E-state index contributed by atoms with van der Waals surface area (Å²) in [5.41, 5.74) is 5.55. The highest BCUT2D eigenvalue weighted by molar-refractivity contribution is 7.89. The first kappa shape index (κ1) is 17.4. The molecular formula is C10H21ClN4O2S. The minimum Gasteiger partial charge on any atom is -0.324 e. The van der Waals surface area contributed by atoms with Crippen LogP contribution in [0.25, 0.3) is 0 Å². The molecule has 8 heteroatoms. The van der Waals surface area contributed by atoms with Gasteiger partial charge in [-0.25, -0.2) is 13.1 Å². The SMILES string of the molecule is CCC(N)(CC)CNS(=O)(=O)c1ccnn1C.Cl. The molecule has 18 heavy (non-hydrogen) atoms. The van der Waals surface area contributed by atoms with E-state index >= 15 is 0 Å². The van der Waals surface area contributed by atoms with Crippen LogP contribution in [0.15, 0.2) is 17.3 Å². The molecule has 0 aliphatic heterocycles. The minimum absolute atomic E-state index is 0. The fourth-order valence-corrected chi connectivity index (χ4v) is 2.70. The normalized spacial score (nSPS) is 12.2. The molecule has 0 saturated carbocycles. The number of rotatable bonds is 6. The first-order chi connectivity index (χ1) is 7.84. The standard InChI is InChI=1S/C10H20N4O2S.ClH/c1-4-10(11,5-2)8-13-17(15,16)9-6-7-12-14(9)3;/h6-7,13H,4-5,8,11H2,1-3H3;1H. The van der Waals surface area contributed by atoms with Crippen molar-refractivity contribution >= 4 is 22.4 Å². The molecule has 0 saturated heterocycles. The second-order valence-corrected chi connectivity index (χ2v) is 5.90. The number of aromatic nitrogens is 2. The average Bonchev–Trinajstić information content (AvgIpc) is 2.73. The molecule has 1 rings (SSSR count). The number of sulfonamides is 1. The first-order valence-electron chi connectivity index (χ1n) is 5.61. The highest BCUT2D eigenvalue weighted by atomic mass is 35.5. The van der Waals surface area contributed by atoms with Crippen LogP contribution in [-0.4, -0.2) is 30.3 Å². The van der Waals surface area contributed by atoms with Gasteiger partial charge in [-0.1, -0.05) is 13.8 Å². The van der Waals surface area contributed by atoms with Gasteiger partial charge in [0.05, 0.1) is 6.20 Å². The van der Waals surface area contributed by atoms with E-state index in [9.17, 15) is 8.42 Å². The topological polar surface area (TPSA) is 90.0 Å². The predicted molar refractivity (Wildman–Crippen MR) is 73.1 cm³/mol. The molecule has 0 aromatic carbocycles. The summed E-state index contributed by atoms with van der Waals surface area (Å²) in [6.45, 7) is 4.12. The van der Waals surface area contributed by atoms with Crippen LogP contribution in [0, 0.1) is 0 Å². The summed E-state index contributed by atoms with van der Waals surface area (Å²) in [6.07, 6.45) is 2.89. The summed E-state index contributed by atoms with van der Waals surface area (Å²) in [5.74, 6) is 0. The lowest BCUT2D eigenvalue weighted by molar-refractivity contribution is 0.391. The maximum Gasteiger partial charge on any atom is 0.257 e. The lowest BCUT2D eigenvalue weighted by Crippen LogP contribution is -2.49. The zero-order chi connectivity index (χ0) is 13.1. The van der Waals surface area contributed by atoms with Gasteiger partial charge in [0.15, 0.2) is 5.03 Å². The van der Waals surface area contributed by atoms with Gasteiger partial charge in [-0.3, -0.25) is 4.68 Å². The van der Waals surface area contributed by atoms with E-state index in [1.54, 1.807) is 7.05 Å². The van der Waals surface area contributed by atoms with Gasteiger partial charge < -0.3 is 5.73 Å². The zero-order valence-electron chi connectivity index (χ0n) is 10.9. The van der Waals surface area contributed by atoms with Crippen molar-refractivity contribution in [1.82, 2.24) is 14.5 Å². The number of halogens is 1. The van der Waals surface area contributed by atoms with Crippen LogP contribution in [0.1, 0.15) is 26.7 Å². The zero-order valence-corrected chi connectivity index (χ0v) is 12.5. The Morgan fingerprint density at radius 1 is 1.44 bits per heavy atom. The lowest BCUT2D eigenvalue weighted by atomic mass is 9.95. The van der Waals surface area contributed by atoms with E-state index in [0.29, 0.717) is 0 Å². The molecule has 1 aromatic heterocycles. The van der Waals surface area contributed by atoms with Gasteiger partial charge in [-0.15, -0.1) is 12.4 Å². The van der Waals surface area contributed by atoms with Gasteiger partial charge in [0, 0.05) is 19.1 Å². The Kier molecular flexibility index (Phi) is 6.28. The third-order valence-electron chi connectivity index (χ3n) is 3.07. The Labute approximate surface area is 114 Å². The predicted octanol–water partition coefficient (Wildman–Crippen LogP) is 0.638. The quantitative estimate of drug-likeness (QED) is 0.806. The van der Waals surface area contributed by atoms with Gasteiger partial charge in [0.2, 0.25) is 0 Å². The molecule has 0 bridgehead atoms. The second-order valence-electron chi connectivity index (χ2n) is 4.19. The van der Waals surface area contributed by atoms with Gasteiger partial charge in [0.1, 0.15) is 0 Å². The van der Waals surface area contributed by atoms with Crippen LogP contribution in [0.2, 0.25) is 0 Å². The van der Waals surface area contributed by atoms with Crippen LogP contribution >= 0.6 is 12.4 Å². The molecule has 0 unspecified atom stereocenters. The molecule has 6 nitrogen and oxygen atoms in total. The lowest BCUT2D eigenvalue weighted by Gasteiger charge is -2.26. The Balaban J connectivity index is 0.00000289. The molecule has 106 valence electrons. The third-order valence-corrected chi connectivity index (χ3v) is 4.55. The monoisotopic (exact) mass is 296 g/mol. The molecule has 0 spiro atoms. The summed E-state index contributed by atoms with van der Waals surface area (Å²) in [6, 6.07) is 1.46. The van der Waals surface area contributed by atoms with Crippen molar-refractivity contribution in [2.75, 3.05) is 6.54 Å². The van der Waals surface area contributed by atoms with Crippen molar-refractivity contribution in [2.24, 2.45) is 12.8 Å². The van der Waals surface area contributed by atoms with E-state index in [-0.39, 0.29) is 24.0 Å². The summed E-state index contributed by atoms with van der Waals surface area (Å²) >= 11 is 0. The van der Waals surface area contributed by atoms with Gasteiger partial charge >= 0.3 is 0 Å². The fraction of sp³-hybridized carbons (Fsp3) is 0.700. The van der Waals surface area contributed by atoms with E-state index in [1.165, 1.54) is 16.9 Å². The highest BCUT2D eigenvalue weighted by Gasteiger charge is 2.25. The number of aryl methyl sites for hydroxylation is 1. The Morgan fingerprint density at radius 2 is 2.00 bits per heavy atom. The molecule has 1 aromatic rings. The Morgan fingerprint density at radius 3 is 2.39 bits per heavy atom. The van der Waals surface area contributed by atoms with E-state index in [0.717, 1.165) is 12.8 Å². The van der Waals surface area contributed by atoms with Crippen molar-refractivity contribution in [1.29, 1.82) is 0 Å². The van der Waals surface area contributed by atoms with Crippen LogP contribution in [0.5, 0.6) is 0 Å². The number of nitrogens with zero attached hydrogens (tertiary/aromatic N) is 2. The Bertz CT molecular complexity index is 468. The Hall–Kier alpha value is -0.630. The maximum atomic E-state index is 12.0. The van der Waals surface area contributed by atoms with Crippen molar-refractivity contribution in [3.63, 3.8) is 0 Å². The summed E-state index contributed by atoms with van der Waals surface area (Å²) < 4.78 is 27.8. The van der Waals surface area contributed by atoms with Crippen molar-refractivity contribution in [2.45, 2.75) is 37.3 Å². The van der Waals surface area contributed by atoms with Crippen molar-refractivity contribution in [3.05, 3.63) is 12.3 Å². The smallest absolute Gasteiger partial charge is 0.257 e.